The first kappa shape index (κ1) is 27.2. The lowest BCUT2D eigenvalue weighted by molar-refractivity contribution is -0.286. The molecule has 1 aliphatic heterocycles. The van der Waals surface area contributed by atoms with Gasteiger partial charge in [-0.2, -0.15) is 0 Å². The molecule has 1 fully saturated rings. The Morgan fingerprint density at radius 1 is 0.917 bits per heavy atom. The lowest BCUT2D eigenvalue weighted by Crippen LogP contribution is -2.59. The highest BCUT2D eigenvalue weighted by Gasteiger charge is 2.43. The van der Waals surface area contributed by atoms with E-state index >= 15 is 0 Å². The fraction of sp³-hybridized carbons (Fsp3) is 0.417. The largest absolute Gasteiger partial charge is 0.504 e. The van der Waals surface area contributed by atoms with E-state index in [1.807, 2.05) is 6.07 Å². The van der Waals surface area contributed by atoms with Crippen molar-refractivity contribution >= 4 is 12.0 Å². The molecule has 0 spiro atoms. The number of alkyl carbamates (subject to hydrolysis) is 1. The smallest absolute Gasteiger partial charge is 0.407 e. The number of aromatic hydroxyl groups is 2. The number of benzene rings is 2. The van der Waals surface area contributed by atoms with Crippen molar-refractivity contribution in [2.75, 3.05) is 13.2 Å². The van der Waals surface area contributed by atoms with Gasteiger partial charge in [0.15, 0.2) is 17.8 Å². The van der Waals surface area contributed by atoms with Gasteiger partial charge in [0.05, 0.1) is 0 Å². The molecule has 0 aliphatic carbocycles. The Hall–Kier alpha value is -3.42. The minimum atomic E-state index is -1.77. The quantitative estimate of drug-likeness (QED) is 0.193. The number of ether oxygens (including phenoxy) is 2. The predicted molar refractivity (Wildman–Crippen MR) is 124 cm³/mol. The molecule has 0 bridgehead atoms. The summed E-state index contributed by atoms with van der Waals surface area (Å²) in [5.74, 6) is -1.02. The zero-order valence-electron chi connectivity index (χ0n) is 19.2. The van der Waals surface area contributed by atoms with E-state index in [-0.39, 0.29) is 24.5 Å². The number of rotatable bonds is 9. The average molecular weight is 507 g/mol. The molecule has 1 unspecified atom stereocenters. The summed E-state index contributed by atoms with van der Waals surface area (Å²) in [5.41, 5.74) is 1.45. The monoisotopic (exact) mass is 506 g/mol. The van der Waals surface area contributed by atoms with Crippen molar-refractivity contribution in [2.24, 2.45) is 0 Å². The van der Waals surface area contributed by atoms with Crippen LogP contribution in [0.5, 0.6) is 11.5 Å². The minimum absolute atomic E-state index is 0.147. The number of aliphatic hydroxyl groups excluding tert-OH is 4. The number of hydrogen-bond acceptors (Lipinski definition) is 10. The van der Waals surface area contributed by atoms with Crippen molar-refractivity contribution in [2.45, 2.75) is 49.6 Å². The number of phenolic OH excluding ortho intramolecular Hbond substituents is 2. The molecule has 3 rings (SSSR count). The van der Waals surface area contributed by atoms with Gasteiger partial charge in [-0.15, -0.1) is 0 Å². The van der Waals surface area contributed by atoms with Crippen molar-refractivity contribution in [3.8, 4) is 11.5 Å². The van der Waals surface area contributed by atoms with Gasteiger partial charge in [-0.1, -0.05) is 36.4 Å². The van der Waals surface area contributed by atoms with Crippen LogP contribution in [0.15, 0.2) is 48.5 Å². The number of hydrogen-bond donors (Lipinski definition) is 8. The highest BCUT2D eigenvalue weighted by molar-refractivity contribution is 5.85. The summed E-state index contributed by atoms with van der Waals surface area (Å²) in [6.07, 6.45) is -8.59. The van der Waals surface area contributed by atoms with Crippen molar-refractivity contribution in [3.05, 3.63) is 59.7 Å². The van der Waals surface area contributed by atoms with E-state index in [0.717, 1.165) is 5.56 Å². The van der Waals surface area contributed by atoms with Gasteiger partial charge in [-0.05, 0) is 29.7 Å². The van der Waals surface area contributed by atoms with Crippen LogP contribution in [0.25, 0.3) is 0 Å². The zero-order chi connectivity index (χ0) is 26.2. The average Bonchev–Trinajstić information content (AvgIpc) is 2.86. The molecule has 1 heterocycles. The lowest BCUT2D eigenvalue weighted by atomic mass is 9.99. The Kier molecular flexibility index (Phi) is 9.44. The molecule has 12 nitrogen and oxygen atoms in total. The SMILES string of the molecule is O=C(NC(Cc1ccccc1)C(=O)NCCc1ccc(O)c(O)c1)OC[C@H]1O[C@@H](O)[C@H](O)[C@@H](O)[C@@H]1O. The van der Waals surface area contributed by atoms with Crippen molar-refractivity contribution in [3.63, 3.8) is 0 Å². The fourth-order valence-electron chi connectivity index (χ4n) is 3.65. The maximum atomic E-state index is 12.8. The molecular formula is C24H30N2O10. The molecule has 6 atom stereocenters. The van der Waals surface area contributed by atoms with Crippen molar-refractivity contribution in [1.82, 2.24) is 10.6 Å². The summed E-state index contributed by atoms with van der Waals surface area (Å²) in [5, 5.41) is 63.0. The van der Waals surface area contributed by atoms with Crippen molar-refractivity contribution in [1.29, 1.82) is 0 Å². The number of carbonyl (C=O) groups is 2. The number of phenols is 2. The summed E-state index contributed by atoms with van der Waals surface area (Å²) in [7, 11) is 0. The number of aliphatic hydroxyl groups is 4. The Bertz CT molecular complexity index is 1020. The normalized spacial score (nSPS) is 24.5. The van der Waals surface area contributed by atoms with E-state index < -0.39 is 55.4 Å². The molecule has 36 heavy (non-hydrogen) atoms. The molecular weight excluding hydrogens is 476 g/mol. The van der Waals surface area contributed by atoms with E-state index in [2.05, 4.69) is 10.6 Å². The first-order chi connectivity index (χ1) is 17.2. The van der Waals surface area contributed by atoms with Gasteiger partial charge in [0, 0.05) is 13.0 Å². The first-order valence-electron chi connectivity index (χ1n) is 11.3. The summed E-state index contributed by atoms with van der Waals surface area (Å²) in [4.78, 5) is 25.3. The fourth-order valence-corrected chi connectivity index (χ4v) is 3.65. The van der Waals surface area contributed by atoms with E-state index in [9.17, 15) is 40.2 Å². The summed E-state index contributed by atoms with van der Waals surface area (Å²) < 4.78 is 10.00. The van der Waals surface area contributed by atoms with Crippen LogP contribution in [-0.2, 0) is 27.1 Å². The second-order valence-corrected chi connectivity index (χ2v) is 8.39. The van der Waals surface area contributed by atoms with Crippen LogP contribution in [-0.4, -0.2) is 92.5 Å². The Balaban J connectivity index is 1.57. The van der Waals surface area contributed by atoms with Gasteiger partial charge in [-0.3, -0.25) is 4.79 Å². The van der Waals surface area contributed by atoms with Gasteiger partial charge >= 0.3 is 6.09 Å². The van der Waals surface area contributed by atoms with Gasteiger partial charge in [-0.25, -0.2) is 4.79 Å². The molecule has 2 amide bonds. The summed E-state index contributed by atoms with van der Waals surface area (Å²) >= 11 is 0. The number of nitrogens with one attached hydrogen (secondary N) is 2. The molecule has 0 saturated carbocycles. The maximum Gasteiger partial charge on any atom is 0.407 e. The topological polar surface area (TPSA) is 198 Å². The molecule has 0 radical (unpaired) electrons. The third-order valence-electron chi connectivity index (χ3n) is 5.71. The number of amides is 2. The van der Waals surface area contributed by atoms with Gasteiger partial charge in [0.2, 0.25) is 5.91 Å². The van der Waals surface area contributed by atoms with Crippen LogP contribution in [0, 0.1) is 0 Å². The van der Waals surface area contributed by atoms with Crippen LogP contribution in [0.1, 0.15) is 11.1 Å². The van der Waals surface area contributed by atoms with Crippen LogP contribution >= 0.6 is 0 Å². The highest BCUT2D eigenvalue weighted by atomic mass is 16.7. The Labute approximate surface area is 206 Å². The first-order valence-corrected chi connectivity index (χ1v) is 11.3. The second kappa shape index (κ2) is 12.5. The van der Waals surface area contributed by atoms with Crippen LogP contribution < -0.4 is 10.6 Å². The standard InChI is InChI=1S/C24H30N2O10/c27-16-7-6-14(11-17(16)28)8-9-25-22(32)15(10-13-4-2-1-3-5-13)26-24(34)35-12-18-19(29)20(30)21(31)23(33)36-18/h1-7,11,15,18-21,23,27-31,33H,8-10,12H2,(H,25,32)(H,26,34)/t15?,18-,19-,20+,21-,23-/m1/s1. The van der Waals surface area contributed by atoms with Crippen molar-refractivity contribution < 1.29 is 49.7 Å². The molecule has 2 aromatic rings. The minimum Gasteiger partial charge on any atom is -0.504 e. The lowest BCUT2D eigenvalue weighted by Gasteiger charge is -2.37. The summed E-state index contributed by atoms with van der Waals surface area (Å²) in [6.45, 7) is -0.372. The maximum absolute atomic E-state index is 12.8. The Morgan fingerprint density at radius 3 is 2.33 bits per heavy atom. The molecule has 8 N–H and O–H groups in total. The van der Waals surface area contributed by atoms with Crippen LogP contribution in [0.2, 0.25) is 0 Å². The zero-order valence-corrected chi connectivity index (χ0v) is 19.2. The second-order valence-electron chi connectivity index (χ2n) is 8.39. The molecule has 12 heteroatoms. The van der Waals surface area contributed by atoms with Crippen LogP contribution in [0.4, 0.5) is 4.79 Å². The molecule has 2 aromatic carbocycles. The van der Waals surface area contributed by atoms with E-state index in [1.165, 1.54) is 12.1 Å². The third kappa shape index (κ3) is 7.29. The molecule has 0 aromatic heterocycles. The van der Waals surface area contributed by atoms with Gasteiger partial charge in [0.1, 0.15) is 37.1 Å². The Morgan fingerprint density at radius 2 is 1.64 bits per heavy atom. The van der Waals surface area contributed by atoms with Gasteiger partial charge < -0.3 is 50.7 Å². The molecule has 1 aliphatic rings. The van der Waals surface area contributed by atoms with E-state index in [0.29, 0.717) is 12.0 Å². The summed E-state index contributed by atoms with van der Waals surface area (Å²) in [6, 6.07) is 12.2. The van der Waals surface area contributed by atoms with Crippen LogP contribution in [0.3, 0.4) is 0 Å². The predicted octanol–water partition coefficient (Wildman–Crippen LogP) is -1.11. The molecule has 196 valence electrons. The number of carbonyl (C=O) groups excluding carboxylic acids is 2. The van der Waals surface area contributed by atoms with E-state index in [1.54, 1.807) is 30.3 Å². The third-order valence-corrected chi connectivity index (χ3v) is 5.71. The molecule has 1 saturated heterocycles. The highest BCUT2D eigenvalue weighted by Crippen LogP contribution is 2.25. The van der Waals surface area contributed by atoms with Gasteiger partial charge in [0.25, 0.3) is 0 Å². The van der Waals surface area contributed by atoms with E-state index in [4.69, 9.17) is 9.47 Å².